The van der Waals surface area contributed by atoms with Crippen LogP contribution < -0.4 is 20.1 Å². The number of rotatable bonds is 8. The van der Waals surface area contributed by atoms with Crippen molar-refractivity contribution in [3.8, 4) is 17.6 Å². The molecule has 0 aliphatic rings. The van der Waals surface area contributed by atoms with E-state index in [4.69, 9.17) is 44.3 Å². The normalized spacial score (nSPS) is 10.8. The molecule has 10 heteroatoms. The number of anilines is 2. The molecule has 2 amide bonds. The molecule has 0 unspecified atom stereocenters. The summed E-state index contributed by atoms with van der Waals surface area (Å²) in [6.07, 6.45) is 1.35. The maximum absolute atomic E-state index is 12.5. The first-order chi connectivity index (χ1) is 16.8. The second-order valence-corrected chi connectivity index (χ2v) is 8.29. The SMILES string of the molecule is COc1cc(/C=C(\C#N)C(=O)Nc2cccc(Cl)c2)cc(Cl)c1OCC(=O)Nc1ccc(Cl)cc1. The summed E-state index contributed by atoms with van der Waals surface area (Å²) in [6, 6.07) is 18.0. The Morgan fingerprint density at radius 2 is 1.71 bits per heavy atom. The molecule has 0 radical (unpaired) electrons. The third kappa shape index (κ3) is 7.39. The largest absolute Gasteiger partial charge is 0.493 e. The van der Waals surface area contributed by atoms with Crippen LogP contribution in [0.2, 0.25) is 15.1 Å². The van der Waals surface area contributed by atoms with Gasteiger partial charge in [0.15, 0.2) is 18.1 Å². The molecule has 0 aliphatic heterocycles. The fourth-order valence-electron chi connectivity index (χ4n) is 2.91. The molecule has 0 spiro atoms. The number of carbonyl (C=O) groups is 2. The lowest BCUT2D eigenvalue weighted by Gasteiger charge is -2.13. The fourth-order valence-corrected chi connectivity index (χ4v) is 3.50. The quantitative estimate of drug-likeness (QED) is 0.266. The molecular weight excluding hydrogens is 513 g/mol. The van der Waals surface area contributed by atoms with E-state index >= 15 is 0 Å². The standard InChI is InChI=1S/C25H18Cl3N3O4/c1-34-22-11-15(9-16(13-29)25(33)31-20-4-2-3-18(27)12-20)10-21(28)24(22)35-14-23(32)30-19-7-5-17(26)6-8-19/h2-12H,14H2,1H3,(H,30,32)(H,31,33)/b16-9+. The van der Waals surface area contributed by atoms with Crippen LogP contribution in [0.5, 0.6) is 11.5 Å². The lowest BCUT2D eigenvalue weighted by Crippen LogP contribution is -2.20. The Balaban J connectivity index is 1.73. The predicted octanol–water partition coefficient (Wildman–Crippen LogP) is 6.22. The zero-order chi connectivity index (χ0) is 25.4. The molecule has 7 nitrogen and oxygen atoms in total. The van der Waals surface area contributed by atoms with Gasteiger partial charge in [0.05, 0.1) is 12.1 Å². The molecule has 178 valence electrons. The van der Waals surface area contributed by atoms with Crippen molar-refractivity contribution in [2.75, 3.05) is 24.4 Å². The second-order valence-electron chi connectivity index (χ2n) is 7.01. The second kappa shape index (κ2) is 12.1. The summed E-state index contributed by atoms with van der Waals surface area (Å²) >= 11 is 18.1. The Morgan fingerprint density at radius 3 is 2.37 bits per heavy atom. The number of nitriles is 1. The maximum Gasteiger partial charge on any atom is 0.266 e. The first-order valence-corrected chi connectivity index (χ1v) is 11.2. The number of halogens is 3. The van der Waals surface area contributed by atoms with Crippen molar-refractivity contribution in [3.05, 3.63) is 86.9 Å². The topological polar surface area (TPSA) is 100 Å². The third-order valence-corrected chi connectivity index (χ3v) is 5.25. The molecule has 3 aromatic carbocycles. The summed E-state index contributed by atoms with van der Waals surface area (Å²) in [7, 11) is 1.40. The predicted molar refractivity (Wildman–Crippen MR) is 137 cm³/mol. The number of methoxy groups -OCH3 is 1. The highest BCUT2D eigenvalue weighted by Crippen LogP contribution is 2.37. The van der Waals surface area contributed by atoms with Gasteiger partial charge in [-0.05, 0) is 66.2 Å². The number of nitrogens with one attached hydrogen (secondary N) is 2. The number of benzene rings is 3. The highest BCUT2D eigenvalue weighted by molar-refractivity contribution is 6.32. The lowest BCUT2D eigenvalue weighted by atomic mass is 10.1. The Bertz CT molecular complexity index is 1320. The molecule has 3 aromatic rings. The molecule has 0 bridgehead atoms. The average molecular weight is 531 g/mol. The average Bonchev–Trinajstić information content (AvgIpc) is 2.82. The van der Waals surface area contributed by atoms with Gasteiger partial charge >= 0.3 is 0 Å². The van der Waals surface area contributed by atoms with Crippen LogP contribution in [0.25, 0.3) is 6.08 Å². The third-order valence-electron chi connectivity index (χ3n) is 4.49. The van der Waals surface area contributed by atoms with E-state index in [1.165, 1.54) is 25.3 Å². The van der Waals surface area contributed by atoms with E-state index in [9.17, 15) is 14.9 Å². The van der Waals surface area contributed by atoms with Crippen molar-refractivity contribution in [1.82, 2.24) is 0 Å². The number of amides is 2. The van der Waals surface area contributed by atoms with Gasteiger partial charge in [-0.25, -0.2) is 0 Å². The van der Waals surface area contributed by atoms with Crippen molar-refractivity contribution in [2.45, 2.75) is 0 Å². The molecule has 0 saturated carbocycles. The lowest BCUT2D eigenvalue weighted by molar-refractivity contribution is -0.118. The molecule has 0 saturated heterocycles. The summed E-state index contributed by atoms with van der Waals surface area (Å²) in [5.41, 5.74) is 1.25. The van der Waals surface area contributed by atoms with Gasteiger partial charge in [0.25, 0.3) is 11.8 Å². The maximum atomic E-state index is 12.5. The molecule has 0 aliphatic carbocycles. The van der Waals surface area contributed by atoms with Crippen molar-refractivity contribution in [2.24, 2.45) is 0 Å². The minimum absolute atomic E-state index is 0.127. The first kappa shape index (κ1) is 25.9. The van der Waals surface area contributed by atoms with Gasteiger partial charge in [-0.3, -0.25) is 9.59 Å². The van der Waals surface area contributed by atoms with Crippen molar-refractivity contribution in [1.29, 1.82) is 5.26 Å². The fraction of sp³-hybridized carbons (Fsp3) is 0.0800. The van der Waals surface area contributed by atoms with Crippen LogP contribution in [0.15, 0.2) is 66.2 Å². The Hall–Kier alpha value is -3.70. The Kier molecular flexibility index (Phi) is 8.98. The van der Waals surface area contributed by atoms with E-state index in [1.54, 1.807) is 48.5 Å². The smallest absolute Gasteiger partial charge is 0.266 e. The minimum atomic E-state index is -0.621. The molecule has 35 heavy (non-hydrogen) atoms. The highest BCUT2D eigenvalue weighted by atomic mass is 35.5. The van der Waals surface area contributed by atoms with Gasteiger partial charge in [-0.15, -0.1) is 0 Å². The molecular formula is C25H18Cl3N3O4. The Labute approximate surface area is 216 Å². The van der Waals surface area contributed by atoms with Gasteiger partial charge in [0.2, 0.25) is 0 Å². The van der Waals surface area contributed by atoms with E-state index in [2.05, 4.69) is 10.6 Å². The van der Waals surface area contributed by atoms with Crippen molar-refractivity contribution in [3.63, 3.8) is 0 Å². The van der Waals surface area contributed by atoms with Crippen LogP contribution >= 0.6 is 34.8 Å². The monoisotopic (exact) mass is 529 g/mol. The van der Waals surface area contributed by atoms with Crippen LogP contribution in [0, 0.1) is 11.3 Å². The zero-order valence-electron chi connectivity index (χ0n) is 18.3. The van der Waals surface area contributed by atoms with Crippen LogP contribution in [-0.4, -0.2) is 25.5 Å². The van der Waals surface area contributed by atoms with Crippen LogP contribution in [0.3, 0.4) is 0 Å². The molecule has 0 heterocycles. The van der Waals surface area contributed by atoms with Crippen LogP contribution in [-0.2, 0) is 9.59 Å². The highest BCUT2D eigenvalue weighted by Gasteiger charge is 2.16. The number of nitrogens with zero attached hydrogens (tertiary/aromatic N) is 1. The first-order valence-electron chi connectivity index (χ1n) is 10.0. The Morgan fingerprint density at radius 1 is 0.971 bits per heavy atom. The van der Waals surface area contributed by atoms with E-state index in [0.29, 0.717) is 27.0 Å². The summed E-state index contributed by atoms with van der Waals surface area (Å²) in [4.78, 5) is 24.8. The van der Waals surface area contributed by atoms with E-state index < -0.39 is 11.8 Å². The minimum Gasteiger partial charge on any atom is -0.493 e. The van der Waals surface area contributed by atoms with Gasteiger partial charge < -0.3 is 20.1 Å². The summed E-state index contributed by atoms with van der Waals surface area (Å²) < 4.78 is 10.9. The molecule has 0 atom stereocenters. The van der Waals surface area contributed by atoms with E-state index in [-0.39, 0.29) is 28.7 Å². The number of carbonyl (C=O) groups excluding carboxylic acids is 2. The van der Waals surface area contributed by atoms with E-state index in [1.807, 2.05) is 6.07 Å². The van der Waals surface area contributed by atoms with Crippen LogP contribution in [0.4, 0.5) is 11.4 Å². The zero-order valence-corrected chi connectivity index (χ0v) is 20.5. The number of ether oxygens (including phenoxy) is 2. The summed E-state index contributed by atoms with van der Waals surface area (Å²) in [5, 5.41) is 15.9. The van der Waals surface area contributed by atoms with Gasteiger partial charge in [-0.1, -0.05) is 40.9 Å². The molecule has 3 rings (SSSR count). The van der Waals surface area contributed by atoms with Crippen molar-refractivity contribution < 1.29 is 19.1 Å². The van der Waals surface area contributed by atoms with Gasteiger partial charge in [0.1, 0.15) is 11.6 Å². The summed E-state index contributed by atoms with van der Waals surface area (Å²) in [5.74, 6) is -0.682. The van der Waals surface area contributed by atoms with Gasteiger partial charge in [0, 0.05) is 21.4 Å². The molecule has 0 aromatic heterocycles. The molecule has 0 fully saturated rings. The van der Waals surface area contributed by atoms with Gasteiger partial charge in [-0.2, -0.15) is 5.26 Å². The number of hydrogen-bond acceptors (Lipinski definition) is 5. The van der Waals surface area contributed by atoms with Crippen LogP contribution in [0.1, 0.15) is 5.56 Å². The molecule has 2 N–H and O–H groups in total. The summed E-state index contributed by atoms with van der Waals surface area (Å²) in [6.45, 7) is -0.334. The number of hydrogen-bond donors (Lipinski definition) is 2. The van der Waals surface area contributed by atoms with Crippen molar-refractivity contribution >= 4 is 64.1 Å². The van der Waals surface area contributed by atoms with E-state index in [0.717, 1.165) is 0 Å².